The number of rotatable bonds is 8. The van der Waals surface area contributed by atoms with Gasteiger partial charge in [-0.25, -0.2) is 0 Å². The van der Waals surface area contributed by atoms with E-state index in [4.69, 9.17) is 9.47 Å². The lowest BCUT2D eigenvalue weighted by Crippen LogP contribution is -2.05. The van der Waals surface area contributed by atoms with E-state index in [0.717, 1.165) is 6.07 Å². The summed E-state index contributed by atoms with van der Waals surface area (Å²) in [5.41, 5.74) is 0.670. The summed E-state index contributed by atoms with van der Waals surface area (Å²) in [5.74, 6) is -0.440. The average molecular weight is 566 g/mol. The van der Waals surface area contributed by atoms with Crippen molar-refractivity contribution >= 4 is 55.2 Å². The van der Waals surface area contributed by atoms with Gasteiger partial charge in [0.05, 0.1) is 19.9 Å². The molecule has 0 atom stereocenters. The van der Waals surface area contributed by atoms with E-state index < -0.39 is 26.5 Å². The summed E-state index contributed by atoms with van der Waals surface area (Å²) >= 11 is 0. The van der Waals surface area contributed by atoms with Crippen LogP contribution in [0.25, 0.3) is 10.8 Å². The lowest BCUT2D eigenvalue weighted by atomic mass is 10.1. The van der Waals surface area contributed by atoms with Crippen LogP contribution in [-0.4, -0.2) is 43.3 Å². The normalized spacial score (nSPS) is 11.8. The first-order chi connectivity index (χ1) is 19.0. The number of phenols is 2. The molecule has 4 rings (SSSR count). The predicted octanol–water partition coefficient (Wildman–Crippen LogP) is 6.30. The molecule has 0 heterocycles. The van der Waals surface area contributed by atoms with Crippen molar-refractivity contribution in [1.29, 1.82) is 0 Å². The van der Waals surface area contributed by atoms with E-state index in [1.54, 1.807) is 12.1 Å². The number of phenolic OH excluding ortho intramolecular Hbond substituents is 2. The Labute approximate surface area is 228 Å². The maximum absolute atomic E-state index is 12.2. The molecule has 0 bridgehead atoms. The van der Waals surface area contributed by atoms with Crippen molar-refractivity contribution in [2.24, 2.45) is 20.5 Å². The van der Waals surface area contributed by atoms with E-state index in [2.05, 4.69) is 25.8 Å². The minimum absolute atomic E-state index is 0.0808. The van der Waals surface area contributed by atoms with Crippen LogP contribution in [0, 0.1) is 0 Å². The largest absolute Gasteiger partial charge is 0.508 e. The Morgan fingerprint density at radius 2 is 1.43 bits per heavy atom. The Hall–Kier alpha value is -5.08. The fourth-order valence-electron chi connectivity index (χ4n) is 3.68. The molecule has 14 heteroatoms. The fourth-order valence-corrected chi connectivity index (χ4v) is 4.34. The molecular weight excluding hydrogens is 542 g/mol. The van der Waals surface area contributed by atoms with Gasteiger partial charge in [-0.3, -0.25) is 9.35 Å². The van der Waals surface area contributed by atoms with Gasteiger partial charge in [0.1, 0.15) is 39.2 Å². The number of nitrogens with zero attached hydrogens (tertiary/aromatic N) is 4. The van der Waals surface area contributed by atoms with Crippen LogP contribution in [0.3, 0.4) is 0 Å². The van der Waals surface area contributed by atoms with Crippen LogP contribution < -0.4 is 14.8 Å². The third-order valence-electron chi connectivity index (χ3n) is 5.51. The zero-order valence-electron chi connectivity index (χ0n) is 21.4. The molecule has 0 aliphatic carbocycles. The Morgan fingerprint density at radius 3 is 1.98 bits per heavy atom. The smallest absolute Gasteiger partial charge is 0.296 e. The van der Waals surface area contributed by atoms with E-state index >= 15 is 0 Å². The van der Waals surface area contributed by atoms with Crippen LogP contribution >= 0.6 is 0 Å². The van der Waals surface area contributed by atoms with Crippen LogP contribution in [0.2, 0.25) is 0 Å². The number of benzene rings is 4. The molecule has 0 aliphatic heterocycles. The summed E-state index contributed by atoms with van der Waals surface area (Å²) in [4.78, 5) is 10.7. The van der Waals surface area contributed by atoms with E-state index in [1.165, 1.54) is 63.6 Å². The molecule has 0 aromatic heterocycles. The molecule has 4 N–H and O–H groups in total. The van der Waals surface area contributed by atoms with E-state index in [-0.39, 0.29) is 45.3 Å². The van der Waals surface area contributed by atoms with Gasteiger partial charge in [-0.2, -0.15) is 13.5 Å². The lowest BCUT2D eigenvalue weighted by Gasteiger charge is -2.11. The van der Waals surface area contributed by atoms with Crippen molar-refractivity contribution in [1.82, 2.24) is 0 Å². The minimum atomic E-state index is -4.86. The number of nitrogens with one attached hydrogen (secondary N) is 1. The van der Waals surface area contributed by atoms with Crippen molar-refractivity contribution in [2.75, 3.05) is 19.5 Å². The number of fused-ring (bicyclic) bond motifs is 1. The lowest BCUT2D eigenvalue weighted by molar-refractivity contribution is -0.114. The number of amides is 1. The molecule has 206 valence electrons. The zero-order chi connectivity index (χ0) is 29.0. The molecule has 0 unspecified atom stereocenters. The second-order valence-electron chi connectivity index (χ2n) is 8.28. The molecule has 0 aliphatic rings. The highest BCUT2D eigenvalue weighted by atomic mass is 32.2. The summed E-state index contributed by atoms with van der Waals surface area (Å²) < 4.78 is 45.0. The summed E-state index contributed by atoms with van der Waals surface area (Å²) in [6, 6.07) is 14.4. The molecule has 4 aromatic carbocycles. The van der Waals surface area contributed by atoms with E-state index in [9.17, 15) is 28.0 Å². The summed E-state index contributed by atoms with van der Waals surface area (Å²) in [6.45, 7) is 1.31. The van der Waals surface area contributed by atoms with Gasteiger partial charge in [0, 0.05) is 30.1 Å². The zero-order valence-corrected chi connectivity index (χ0v) is 22.2. The number of aromatic hydroxyl groups is 2. The summed E-state index contributed by atoms with van der Waals surface area (Å²) in [5, 5.41) is 39.5. The molecule has 0 saturated heterocycles. The highest BCUT2D eigenvalue weighted by Gasteiger charge is 2.22. The van der Waals surface area contributed by atoms with Crippen LogP contribution in [-0.2, 0) is 14.9 Å². The molecular formula is C26H23N5O8S. The van der Waals surface area contributed by atoms with Crippen LogP contribution in [0.4, 0.5) is 28.4 Å². The summed E-state index contributed by atoms with van der Waals surface area (Å²) in [6.07, 6.45) is 0. The number of carbonyl (C=O) groups excluding carboxylic acids is 1. The third-order valence-corrected chi connectivity index (χ3v) is 6.38. The monoisotopic (exact) mass is 565 g/mol. The standard InChI is InChI=1S/C26H23N5O8S/c1-14(32)27-17-6-9-19-15(10-17)11-24(40(35,36)37)25(26(19)34)31-30-21-13-22(38-2)20(12-23(21)39-3)29-28-16-4-7-18(33)8-5-16/h4-13,33-34H,1-3H3,(H,27,32)(H,35,36,37). The topological polar surface area (TPSA) is 192 Å². The van der Waals surface area contributed by atoms with Gasteiger partial charge in [-0.1, -0.05) is 0 Å². The van der Waals surface area contributed by atoms with Gasteiger partial charge in [-0.05, 0) is 53.9 Å². The molecule has 1 amide bonds. The first kappa shape index (κ1) is 27.9. The van der Waals surface area contributed by atoms with Gasteiger partial charge < -0.3 is 25.0 Å². The molecule has 4 aromatic rings. The molecule has 0 fully saturated rings. The summed E-state index contributed by atoms with van der Waals surface area (Å²) in [7, 11) is -2.10. The maximum Gasteiger partial charge on any atom is 0.296 e. The van der Waals surface area contributed by atoms with Crippen molar-refractivity contribution in [3.05, 3.63) is 60.7 Å². The van der Waals surface area contributed by atoms with Crippen molar-refractivity contribution in [3.8, 4) is 23.0 Å². The van der Waals surface area contributed by atoms with Crippen LogP contribution in [0.15, 0.2) is 86.0 Å². The second kappa shape index (κ2) is 11.3. The maximum atomic E-state index is 12.2. The number of ether oxygens (including phenoxy) is 2. The SMILES string of the molecule is COc1cc(N=Nc2c(S(=O)(=O)O)cc3cc(NC(C)=O)ccc3c2O)c(OC)cc1N=Nc1ccc(O)cc1. The Kier molecular flexibility index (Phi) is 7.93. The number of hydrogen-bond donors (Lipinski definition) is 4. The second-order valence-corrected chi connectivity index (χ2v) is 9.67. The number of anilines is 1. The number of methoxy groups -OCH3 is 2. The molecule has 40 heavy (non-hydrogen) atoms. The van der Waals surface area contributed by atoms with E-state index in [1.807, 2.05) is 0 Å². The van der Waals surface area contributed by atoms with Crippen molar-refractivity contribution in [2.45, 2.75) is 11.8 Å². The Balaban J connectivity index is 1.79. The molecule has 13 nitrogen and oxygen atoms in total. The molecule has 0 radical (unpaired) electrons. The van der Waals surface area contributed by atoms with Gasteiger partial charge in [0.15, 0.2) is 5.75 Å². The number of hydrogen-bond acceptors (Lipinski definition) is 11. The van der Waals surface area contributed by atoms with Crippen LogP contribution in [0.1, 0.15) is 6.92 Å². The van der Waals surface area contributed by atoms with Crippen molar-refractivity contribution in [3.63, 3.8) is 0 Å². The average Bonchev–Trinajstić information content (AvgIpc) is 2.91. The van der Waals surface area contributed by atoms with E-state index in [0.29, 0.717) is 11.4 Å². The molecule has 0 saturated carbocycles. The van der Waals surface area contributed by atoms with Crippen molar-refractivity contribution < 1.29 is 37.5 Å². The molecule has 0 spiro atoms. The quantitative estimate of drug-likeness (QED) is 0.141. The Bertz CT molecular complexity index is 1770. The predicted molar refractivity (Wildman–Crippen MR) is 146 cm³/mol. The third kappa shape index (κ3) is 6.14. The van der Waals surface area contributed by atoms with Gasteiger partial charge in [0.2, 0.25) is 5.91 Å². The number of azo groups is 2. The fraction of sp³-hybridized carbons (Fsp3) is 0.115. The van der Waals surface area contributed by atoms with Crippen LogP contribution in [0.5, 0.6) is 23.0 Å². The van der Waals surface area contributed by atoms with Gasteiger partial charge in [-0.15, -0.1) is 15.3 Å². The minimum Gasteiger partial charge on any atom is -0.508 e. The highest BCUT2D eigenvalue weighted by Crippen LogP contribution is 2.44. The van der Waals surface area contributed by atoms with Gasteiger partial charge >= 0.3 is 0 Å². The first-order valence-corrected chi connectivity index (χ1v) is 12.9. The van der Waals surface area contributed by atoms with Gasteiger partial charge in [0.25, 0.3) is 10.1 Å². The first-order valence-electron chi connectivity index (χ1n) is 11.4. The number of carbonyl (C=O) groups is 1. The Morgan fingerprint density at radius 1 is 0.825 bits per heavy atom. The highest BCUT2D eigenvalue weighted by molar-refractivity contribution is 7.86.